The number of ketones is 4. The molecule has 4 N–H and O–H groups in total. The van der Waals surface area contributed by atoms with E-state index in [1.165, 1.54) is 11.0 Å². The van der Waals surface area contributed by atoms with E-state index in [1.54, 1.807) is 14.1 Å². The summed E-state index contributed by atoms with van der Waals surface area (Å²) in [6.45, 7) is 2.10. The third-order valence-corrected chi connectivity index (χ3v) is 9.87. The minimum atomic E-state index is -2.74. The van der Waals surface area contributed by atoms with Crippen molar-refractivity contribution < 1.29 is 34.2 Å². The number of likely N-dealkylation sites (N-methyl/N-ethyl adjacent to an activating group) is 1. The number of phenols is 1. The maximum atomic E-state index is 13.8. The third-order valence-electron chi connectivity index (χ3n) is 9.43. The molecule has 1 aromatic carbocycles. The smallest absolute Gasteiger partial charge is 0.235 e. The normalized spacial score (nSPS) is 37.3. The van der Waals surface area contributed by atoms with Gasteiger partial charge in [0.1, 0.15) is 5.75 Å². The minimum Gasteiger partial charge on any atom is -0.507 e. The van der Waals surface area contributed by atoms with Gasteiger partial charge in [0.05, 0.1) is 17.5 Å². The molecular weight excluding hydrogens is 514 g/mol. The fourth-order valence-corrected chi connectivity index (χ4v) is 7.75. The molecule has 5 rings (SSSR count). The number of aliphatic hydroxyl groups is 1. The molecule has 3 fully saturated rings. The van der Waals surface area contributed by atoms with Crippen LogP contribution >= 0.6 is 11.6 Å². The molecule has 38 heavy (non-hydrogen) atoms. The van der Waals surface area contributed by atoms with E-state index >= 15 is 0 Å². The summed E-state index contributed by atoms with van der Waals surface area (Å²) in [5.41, 5.74) is 3.66. The molecule has 0 radical (unpaired) electrons. The number of carbonyl (C=O) groups excluding carboxylic acids is 5. The van der Waals surface area contributed by atoms with E-state index in [-0.39, 0.29) is 30.2 Å². The highest BCUT2D eigenvalue weighted by Crippen LogP contribution is 2.52. The molecule has 10 nitrogen and oxygen atoms in total. The first-order chi connectivity index (χ1) is 17.7. The van der Waals surface area contributed by atoms with Crippen LogP contribution in [0.1, 0.15) is 53.7 Å². The number of halogens is 1. The van der Waals surface area contributed by atoms with E-state index < -0.39 is 64.4 Å². The SMILES string of the molecule is CC1CCC(c2cc(O)c3c(c2Cl)CC2CC4C(N(C)C)C(=O)C(C(N)=O)C(=O)C4(O)C(=O)C2C3=O)N1C. The van der Waals surface area contributed by atoms with E-state index in [1.807, 2.05) is 7.05 Å². The lowest BCUT2D eigenvalue weighted by atomic mass is 9.52. The molecule has 1 heterocycles. The van der Waals surface area contributed by atoms with Crippen molar-refractivity contribution in [3.63, 3.8) is 0 Å². The topological polar surface area (TPSA) is 158 Å². The summed E-state index contributed by atoms with van der Waals surface area (Å²) < 4.78 is 0. The Kier molecular flexibility index (Phi) is 6.34. The van der Waals surface area contributed by atoms with Crippen molar-refractivity contribution in [3.8, 4) is 5.75 Å². The second-order valence-corrected chi connectivity index (χ2v) is 11.9. The van der Waals surface area contributed by atoms with Gasteiger partial charge >= 0.3 is 0 Å². The number of amides is 1. The Balaban J connectivity index is 1.62. The van der Waals surface area contributed by atoms with Crippen LogP contribution in [0.2, 0.25) is 5.02 Å². The van der Waals surface area contributed by atoms with Gasteiger partial charge in [0.15, 0.2) is 34.7 Å². The van der Waals surface area contributed by atoms with Gasteiger partial charge in [-0.2, -0.15) is 0 Å². The molecule has 204 valence electrons. The Morgan fingerprint density at radius 2 is 1.84 bits per heavy atom. The zero-order chi connectivity index (χ0) is 28.0. The number of hydrogen-bond acceptors (Lipinski definition) is 9. The van der Waals surface area contributed by atoms with E-state index in [9.17, 15) is 34.2 Å². The highest BCUT2D eigenvalue weighted by molar-refractivity contribution is 6.35. The van der Waals surface area contributed by atoms with Crippen LogP contribution in [0.4, 0.5) is 0 Å². The van der Waals surface area contributed by atoms with Crippen molar-refractivity contribution in [1.29, 1.82) is 0 Å². The van der Waals surface area contributed by atoms with Gasteiger partial charge in [-0.05, 0) is 76.9 Å². The fourth-order valence-electron chi connectivity index (χ4n) is 7.40. The number of fused-ring (bicyclic) bond motifs is 3. The number of benzene rings is 1. The van der Waals surface area contributed by atoms with Crippen molar-refractivity contribution in [1.82, 2.24) is 9.80 Å². The lowest BCUT2D eigenvalue weighted by Crippen LogP contribution is -2.74. The standard InChI is InChI=1S/C27H32ClN3O7/c1-10-5-6-15(31(10)4)12-9-16(32)18-13(20(12)28)7-11-8-14-21(30(2)3)23(34)19(26(29)37)25(36)27(14,38)24(35)17(11)22(18)33/h9-11,14-15,17,19,21,32,38H,5-8H2,1-4H3,(H2,29,37). The second-order valence-electron chi connectivity index (χ2n) is 11.5. The van der Waals surface area contributed by atoms with Gasteiger partial charge in [-0.1, -0.05) is 11.6 Å². The molecule has 1 amide bonds. The van der Waals surface area contributed by atoms with Crippen molar-refractivity contribution >= 4 is 40.6 Å². The molecule has 0 bridgehead atoms. The van der Waals surface area contributed by atoms with Gasteiger partial charge in [-0.3, -0.25) is 33.8 Å². The van der Waals surface area contributed by atoms with Crippen LogP contribution in [0, 0.1) is 23.7 Å². The zero-order valence-electron chi connectivity index (χ0n) is 21.7. The number of phenolic OH excluding ortho intramolecular Hbond substituents is 1. The van der Waals surface area contributed by atoms with Crippen LogP contribution in [-0.4, -0.2) is 87.9 Å². The van der Waals surface area contributed by atoms with E-state index in [0.29, 0.717) is 22.2 Å². The molecule has 2 saturated carbocycles. The molecule has 8 atom stereocenters. The summed E-state index contributed by atoms with van der Waals surface area (Å²) in [5.74, 6) is -10.7. The van der Waals surface area contributed by atoms with E-state index in [2.05, 4.69) is 11.8 Å². The molecule has 11 heteroatoms. The maximum absolute atomic E-state index is 13.8. The first kappa shape index (κ1) is 26.9. The second kappa shape index (κ2) is 8.94. The van der Waals surface area contributed by atoms with Crippen LogP contribution in [-0.2, 0) is 25.6 Å². The summed E-state index contributed by atoms with van der Waals surface area (Å²) in [5, 5.41) is 23.0. The lowest BCUT2D eigenvalue weighted by Gasteiger charge is -2.52. The Hall–Kier alpha value is -2.66. The summed E-state index contributed by atoms with van der Waals surface area (Å²) in [6.07, 6.45) is 1.93. The number of likely N-dealkylation sites (tertiary alicyclic amines) is 1. The average Bonchev–Trinajstić information content (AvgIpc) is 3.16. The van der Waals surface area contributed by atoms with Crippen molar-refractivity contribution in [2.75, 3.05) is 21.1 Å². The Morgan fingerprint density at radius 3 is 2.39 bits per heavy atom. The fraction of sp³-hybridized carbons (Fsp3) is 0.593. The largest absolute Gasteiger partial charge is 0.507 e. The van der Waals surface area contributed by atoms with Crippen LogP contribution < -0.4 is 5.73 Å². The van der Waals surface area contributed by atoms with Gasteiger partial charge in [-0.15, -0.1) is 0 Å². The van der Waals surface area contributed by atoms with Gasteiger partial charge in [0, 0.05) is 23.0 Å². The molecule has 1 saturated heterocycles. The van der Waals surface area contributed by atoms with Crippen molar-refractivity contribution in [3.05, 3.63) is 27.8 Å². The Bertz CT molecular complexity index is 1300. The van der Waals surface area contributed by atoms with Crippen LogP contribution in [0.3, 0.4) is 0 Å². The van der Waals surface area contributed by atoms with Crippen molar-refractivity contribution in [2.24, 2.45) is 29.4 Å². The minimum absolute atomic E-state index is 0.00835. The van der Waals surface area contributed by atoms with E-state index in [0.717, 1.165) is 12.8 Å². The number of nitrogens with zero attached hydrogens (tertiary/aromatic N) is 2. The van der Waals surface area contributed by atoms with Gasteiger partial charge in [0.2, 0.25) is 5.91 Å². The molecule has 0 spiro atoms. The number of aromatic hydroxyl groups is 1. The predicted molar refractivity (Wildman–Crippen MR) is 136 cm³/mol. The molecular formula is C27H32ClN3O7. The molecule has 1 aliphatic heterocycles. The predicted octanol–water partition coefficient (Wildman–Crippen LogP) is 0.676. The van der Waals surface area contributed by atoms with Gasteiger partial charge in [0.25, 0.3) is 0 Å². The first-order valence-electron chi connectivity index (χ1n) is 12.8. The van der Waals surface area contributed by atoms with Crippen LogP contribution in [0.5, 0.6) is 5.75 Å². The third kappa shape index (κ3) is 3.46. The molecule has 8 unspecified atom stereocenters. The van der Waals surface area contributed by atoms with Gasteiger partial charge in [-0.25, -0.2) is 0 Å². The number of hydrogen-bond donors (Lipinski definition) is 3. The van der Waals surface area contributed by atoms with E-state index in [4.69, 9.17) is 17.3 Å². The highest BCUT2D eigenvalue weighted by Gasteiger charge is 2.69. The number of primary amides is 1. The molecule has 0 aromatic heterocycles. The first-order valence-corrected chi connectivity index (χ1v) is 13.2. The summed E-state index contributed by atoms with van der Waals surface area (Å²) in [7, 11) is 5.08. The van der Waals surface area contributed by atoms with Crippen LogP contribution in [0.15, 0.2) is 6.07 Å². The van der Waals surface area contributed by atoms with Crippen molar-refractivity contribution in [2.45, 2.75) is 56.3 Å². The number of rotatable bonds is 3. The summed E-state index contributed by atoms with van der Waals surface area (Å²) in [6, 6.07) is 0.610. The lowest BCUT2D eigenvalue weighted by molar-refractivity contribution is -0.181. The summed E-state index contributed by atoms with van der Waals surface area (Å²) >= 11 is 6.88. The Labute approximate surface area is 225 Å². The Morgan fingerprint density at radius 1 is 1.18 bits per heavy atom. The van der Waals surface area contributed by atoms with Crippen LogP contribution in [0.25, 0.3) is 0 Å². The molecule has 1 aromatic rings. The highest BCUT2D eigenvalue weighted by atomic mass is 35.5. The van der Waals surface area contributed by atoms with Gasteiger partial charge < -0.3 is 15.9 Å². The maximum Gasteiger partial charge on any atom is 0.235 e. The number of nitrogens with two attached hydrogens (primary N) is 1. The monoisotopic (exact) mass is 545 g/mol. The summed E-state index contributed by atoms with van der Waals surface area (Å²) in [4.78, 5) is 69.8. The molecule has 4 aliphatic rings. The quantitative estimate of drug-likeness (QED) is 0.464. The average molecular weight is 546 g/mol. The molecule has 3 aliphatic carbocycles. The number of carbonyl (C=O) groups is 5. The zero-order valence-corrected chi connectivity index (χ0v) is 22.5. The number of Topliss-reactive ketones (excluding diaryl/α,β-unsaturated/α-hetero) is 4.